The number of carbonyl (C=O) groups is 2. The van der Waals surface area contributed by atoms with Crippen LogP contribution < -0.4 is 0 Å². The molecule has 0 bridgehead atoms. The van der Waals surface area contributed by atoms with Gasteiger partial charge >= 0.3 is 0 Å². The Balaban J connectivity index is 1.23. The van der Waals surface area contributed by atoms with Crippen LogP contribution >= 0.6 is 11.3 Å². The van der Waals surface area contributed by atoms with Gasteiger partial charge in [-0.3, -0.25) is 9.59 Å². The van der Waals surface area contributed by atoms with Crippen molar-refractivity contribution in [2.24, 2.45) is 22.7 Å². The second kappa shape index (κ2) is 9.72. The lowest BCUT2D eigenvalue weighted by molar-refractivity contribution is -0.234. The first kappa shape index (κ1) is 29.2. The lowest BCUT2D eigenvalue weighted by Crippen LogP contribution is -2.70. The number of allylic oxidation sites excluding steroid dienone is 4. The van der Waals surface area contributed by atoms with E-state index in [1.807, 2.05) is 30.5 Å². The van der Waals surface area contributed by atoms with Crippen molar-refractivity contribution in [2.75, 3.05) is 6.61 Å². The predicted molar refractivity (Wildman–Crippen MR) is 156 cm³/mol. The number of ketones is 2. The number of rotatable bonds is 5. The largest absolute Gasteiger partial charge is 0.390 e. The highest BCUT2D eigenvalue weighted by Crippen LogP contribution is 2.72. The molecule has 0 spiro atoms. The van der Waals surface area contributed by atoms with Crippen molar-refractivity contribution >= 4 is 22.9 Å². The minimum absolute atomic E-state index is 0.0486. The molecular formula is C34H36F2O6S. The lowest BCUT2D eigenvalue weighted by atomic mass is 9.44. The highest BCUT2D eigenvalue weighted by atomic mass is 32.1. The minimum Gasteiger partial charge on any atom is -0.390 e. The van der Waals surface area contributed by atoms with Crippen LogP contribution in [0.5, 0.6) is 0 Å². The molecule has 4 fully saturated rings. The molecule has 4 aliphatic carbocycles. The smallest absolute Gasteiger partial charge is 0.194 e. The number of carbonyl (C=O) groups excluding carboxylic acids is 2. The first-order valence-corrected chi connectivity index (χ1v) is 15.8. The highest BCUT2D eigenvalue weighted by Gasteiger charge is 2.80. The molecule has 43 heavy (non-hydrogen) atoms. The quantitative estimate of drug-likeness (QED) is 0.478. The summed E-state index contributed by atoms with van der Waals surface area (Å²) in [7, 11) is 0. The molecule has 7 rings (SSSR count). The zero-order valence-corrected chi connectivity index (χ0v) is 25.2. The van der Waals surface area contributed by atoms with E-state index in [1.165, 1.54) is 34.6 Å². The summed E-state index contributed by atoms with van der Waals surface area (Å²) in [5.41, 5.74) is -3.11. The molecule has 2 heterocycles. The van der Waals surface area contributed by atoms with Crippen molar-refractivity contribution in [3.63, 3.8) is 0 Å². The van der Waals surface area contributed by atoms with Crippen LogP contribution in [0.15, 0.2) is 59.5 Å². The van der Waals surface area contributed by atoms with Crippen LogP contribution in [0, 0.1) is 29.6 Å². The van der Waals surface area contributed by atoms with E-state index in [1.54, 1.807) is 13.8 Å². The summed E-state index contributed by atoms with van der Waals surface area (Å²) < 4.78 is 46.4. The summed E-state index contributed by atoms with van der Waals surface area (Å²) in [6, 6.07) is 10.3. The second-order valence-electron chi connectivity index (χ2n) is 13.5. The highest BCUT2D eigenvalue weighted by molar-refractivity contribution is 7.10. The van der Waals surface area contributed by atoms with Crippen molar-refractivity contribution in [3.05, 3.63) is 81.1 Å². The first-order valence-electron chi connectivity index (χ1n) is 14.9. The van der Waals surface area contributed by atoms with E-state index in [0.717, 1.165) is 22.9 Å². The van der Waals surface area contributed by atoms with Crippen LogP contribution in [0.4, 0.5) is 8.78 Å². The molecule has 2 N–H and O–H groups in total. The van der Waals surface area contributed by atoms with E-state index in [-0.39, 0.29) is 24.8 Å². The Morgan fingerprint density at radius 2 is 1.95 bits per heavy atom. The number of hydrogen-bond acceptors (Lipinski definition) is 7. The lowest BCUT2D eigenvalue weighted by Gasteiger charge is -2.63. The van der Waals surface area contributed by atoms with Crippen LogP contribution in [0.25, 0.3) is 0 Å². The fourth-order valence-electron chi connectivity index (χ4n) is 9.36. The number of alkyl halides is 2. The van der Waals surface area contributed by atoms with Crippen LogP contribution in [0.3, 0.4) is 0 Å². The molecule has 3 saturated carbocycles. The summed E-state index contributed by atoms with van der Waals surface area (Å²) in [5.74, 6) is -2.54. The van der Waals surface area contributed by atoms with E-state index in [9.17, 15) is 19.8 Å². The van der Waals surface area contributed by atoms with Crippen molar-refractivity contribution in [1.29, 1.82) is 0 Å². The molecule has 10 atom stereocenters. The Labute approximate surface area is 253 Å². The van der Waals surface area contributed by atoms with E-state index in [4.69, 9.17) is 9.47 Å². The van der Waals surface area contributed by atoms with Crippen LogP contribution in [-0.2, 0) is 25.5 Å². The molecule has 1 aromatic carbocycles. The number of halogens is 2. The van der Waals surface area contributed by atoms with Crippen molar-refractivity contribution in [1.82, 2.24) is 0 Å². The fourth-order valence-corrected chi connectivity index (χ4v) is 10.2. The normalized spacial score (nSPS) is 43.0. The number of thiophene rings is 1. The number of benzene rings is 1. The van der Waals surface area contributed by atoms with Crippen molar-refractivity contribution < 1.29 is 38.1 Å². The third kappa shape index (κ3) is 3.81. The molecule has 1 aliphatic heterocycles. The summed E-state index contributed by atoms with van der Waals surface area (Å²) in [4.78, 5) is 26.6. The van der Waals surface area contributed by atoms with Gasteiger partial charge < -0.3 is 19.7 Å². The number of aryl methyl sites for hydroxylation is 1. The molecule has 1 aromatic heterocycles. The van der Waals surface area contributed by atoms with Gasteiger partial charge in [0.25, 0.3) is 0 Å². The van der Waals surface area contributed by atoms with Gasteiger partial charge in [0.1, 0.15) is 12.8 Å². The number of ether oxygens (including phenoxy) is 2. The predicted octanol–water partition coefficient (Wildman–Crippen LogP) is 5.29. The van der Waals surface area contributed by atoms with E-state index >= 15 is 8.78 Å². The first-order chi connectivity index (χ1) is 20.4. The Kier molecular flexibility index (Phi) is 6.59. The molecule has 228 valence electrons. The SMILES string of the molecule is Cc1cccc(Cc2csc([C@@H]3O[C@@H]4C[C@H]5[C@@H]6C[C@H](F)C7=CC(=O)C=C[C@]7(C)[C@@]6(F)[C@@H](O)C[C@]5(C)[C@]4(C(=O)CO)O3)c2)c1. The van der Waals surface area contributed by atoms with Crippen LogP contribution in [0.2, 0.25) is 0 Å². The standard InChI is InChI=1S/C34H36F2O6S/c1-18-5-4-6-19(9-18)10-20-11-26(43-17-20)30-41-29-14-22-23-13-25(35)24-12-21(38)7-8-31(24,2)33(23,36)27(39)15-32(22,3)34(29,42-30)28(40)16-37/h4-9,11-12,17,22-23,25,27,29-30,37,39H,10,13-16H2,1-3H3/t22-,23-,25-,27-,29+,30+,31-,32-,33-,34+/m0/s1. The number of Topliss-reactive ketones (excluding diaryl/α,β-unsaturated/α-hetero) is 1. The number of fused-ring (bicyclic) bond motifs is 7. The van der Waals surface area contributed by atoms with E-state index < -0.39 is 76.8 Å². The molecule has 5 aliphatic rings. The Morgan fingerprint density at radius 3 is 2.70 bits per heavy atom. The molecule has 0 unspecified atom stereocenters. The topological polar surface area (TPSA) is 93.1 Å². The van der Waals surface area contributed by atoms with Crippen LogP contribution in [-0.4, -0.2) is 58.0 Å². The molecule has 0 radical (unpaired) electrons. The zero-order chi connectivity index (χ0) is 30.5. The minimum atomic E-state index is -2.28. The van der Waals surface area contributed by atoms with Gasteiger partial charge in [-0.25, -0.2) is 8.78 Å². The Bertz CT molecular complexity index is 1570. The van der Waals surface area contributed by atoms with Gasteiger partial charge in [0.2, 0.25) is 0 Å². The average Bonchev–Trinajstić information content (AvgIpc) is 3.64. The molecular weight excluding hydrogens is 574 g/mol. The monoisotopic (exact) mass is 610 g/mol. The number of aliphatic hydroxyl groups excluding tert-OH is 2. The van der Waals surface area contributed by atoms with Gasteiger partial charge in [-0.05, 0) is 85.7 Å². The number of hydrogen-bond donors (Lipinski definition) is 2. The second-order valence-corrected chi connectivity index (χ2v) is 14.5. The van der Waals surface area contributed by atoms with Gasteiger partial charge in [0.15, 0.2) is 29.1 Å². The van der Waals surface area contributed by atoms with Crippen LogP contribution in [0.1, 0.15) is 61.0 Å². The summed E-state index contributed by atoms with van der Waals surface area (Å²) in [6.07, 6.45) is -0.484. The molecule has 9 heteroatoms. The van der Waals surface area contributed by atoms with Gasteiger partial charge in [0, 0.05) is 16.7 Å². The van der Waals surface area contributed by atoms with Gasteiger partial charge in [0.05, 0.1) is 17.1 Å². The third-order valence-electron chi connectivity index (χ3n) is 11.3. The zero-order valence-electron chi connectivity index (χ0n) is 24.4. The molecule has 0 amide bonds. The molecule has 2 aromatic rings. The maximum Gasteiger partial charge on any atom is 0.194 e. The van der Waals surface area contributed by atoms with E-state index in [0.29, 0.717) is 0 Å². The van der Waals surface area contributed by atoms with Gasteiger partial charge in [-0.2, -0.15) is 0 Å². The van der Waals surface area contributed by atoms with Crippen molar-refractivity contribution in [2.45, 2.75) is 82.4 Å². The van der Waals surface area contributed by atoms with Crippen molar-refractivity contribution in [3.8, 4) is 0 Å². The summed E-state index contributed by atoms with van der Waals surface area (Å²) >= 11 is 1.46. The third-order valence-corrected chi connectivity index (χ3v) is 12.3. The average molecular weight is 611 g/mol. The summed E-state index contributed by atoms with van der Waals surface area (Å²) in [6.45, 7) is 4.58. The molecule has 1 saturated heterocycles. The Hall–Kier alpha value is -2.56. The molecule has 6 nitrogen and oxygen atoms in total. The number of aliphatic hydroxyl groups is 2. The maximum absolute atomic E-state index is 17.5. The summed E-state index contributed by atoms with van der Waals surface area (Å²) in [5, 5.41) is 23.9. The van der Waals surface area contributed by atoms with Gasteiger partial charge in [-0.15, -0.1) is 11.3 Å². The Morgan fingerprint density at radius 1 is 1.16 bits per heavy atom. The van der Waals surface area contributed by atoms with Gasteiger partial charge in [-0.1, -0.05) is 42.8 Å². The fraction of sp³-hybridized carbons (Fsp3) is 0.529. The maximum atomic E-state index is 17.5. The van der Waals surface area contributed by atoms with E-state index in [2.05, 4.69) is 12.1 Å².